The van der Waals surface area contributed by atoms with E-state index in [2.05, 4.69) is 26.9 Å². The van der Waals surface area contributed by atoms with Gasteiger partial charge in [-0.1, -0.05) is 0 Å². The molecule has 0 aliphatic carbocycles. The normalized spacial score (nSPS) is 24.2. The lowest BCUT2D eigenvalue weighted by Crippen LogP contribution is -2.47. The first-order valence-corrected chi connectivity index (χ1v) is 9.10. The van der Waals surface area contributed by atoms with E-state index in [1.165, 1.54) is 12.8 Å². The topological polar surface area (TPSA) is 54.3 Å². The highest BCUT2D eigenvalue weighted by Gasteiger charge is 2.39. The largest absolute Gasteiger partial charge is 0.334 e. The molecule has 2 atom stereocenters. The SMILES string of the molecule is CN1CCC[C@H]1[C@H]1CCCN1C(=O)c1cn(C)nc1-c1cccnc1. The third-order valence-corrected chi connectivity index (χ3v) is 5.58. The van der Waals surface area contributed by atoms with Crippen LogP contribution in [0, 0.1) is 0 Å². The zero-order chi connectivity index (χ0) is 17.4. The molecule has 0 aromatic carbocycles. The summed E-state index contributed by atoms with van der Waals surface area (Å²) in [6.45, 7) is 1.98. The van der Waals surface area contributed by atoms with Gasteiger partial charge in [0.15, 0.2) is 0 Å². The van der Waals surface area contributed by atoms with Crippen LogP contribution >= 0.6 is 0 Å². The van der Waals surface area contributed by atoms with Crippen LogP contribution in [0.5, 0.6) is 0 Å². The maximum atomic E-state index is 13.4. The van der Waals surface area contributed by atoms with Gasteiger partial charge in [-0.15, -0.1) is 0 Å². The zero-order valence-electron chi connectivity index (χ0n) is 14.9. The first kappa shape index (κ1) is 16.3. The number of pyridine rings is 1. The minimum atomic E-state index is 0.106. The van der Waals surface area contributed by atoms with Gasteiger partial charge in [0, 0.05) is 49.8 Å². The van der Waals surface area contributed by atoms with Crippen molar-refractivity contribution in [3.05, 3.63) is 36.3 Å². The van der Waals surface area contributed by atoms with Crippen molar-refractivity contribution < 1.29 is 4.79 Å². The smallest absolute Gasteiger partial charge is 0.258 e. The van der Waals surface area contributed by atoms with Gasteiger partial charge in [-0.3, -0.25) is 14.5 Å². The molecule has 2 aliphatic heterocycles. The fourth-order valence-corrected chi connectivity index (χ4v) is 4.38. The molecule has 0 saturated carbocycles. The number of likely N-dealkylation sites (tertiary alicyclic amines) is 2. The first-order valence-electron chi connectivity index (χ1n) is 9.10. The molecule has 2 aromatic rings. The number of amides is 1. The van der Waals surface area contributed by atoms with Crippen molar-refractivity contribution in [1.82, 2.24) is 24.6 Å². The highest BCUT2D eigenvalue weighted by molar-refractivity contribution is 6.00. The second-order valence-corrected chi connectivity index (χ2v) is 7.21. The highest BCUT2D eigenvalue weighted by Crippen LogP contribution is 2.31. The third-order valence-electron chi connectivity index (χ3n) is 5.58. The molecule has 2 aromatic heterocycles. The average molecular weight is 339 g/mol. The Kier molecular flexibility index (Phi) is 4.29. The van der Waals surface area contributed by atoms with Crippen LogP contribution < -0.4 is 0 Å². The highest BCUT2D eigenvalue weighted by atomic mass is 16.2. The number of aryl methyl sites for hydroxylation is 1. The summed E-state index contributed by atoms with van der Waals surface area (Å²) in [4.78, 5) is 22.0. The van der Waals surface area contributed by atoms with Gasteiger partial charge >= 0.3 is 0 Å². The minimum Gasteiger partial charge on any atom is -0.334 e. The molecule has 0 N–H and O–H groups in total. The van der Waals surface area contributed by atoms with E-state index >= 15 is 0 Å². The molecular weight excluding hydrogens is 314 g/mol. The van der Waals surface area contributed by atoms with Gasteiger partial charge in [0.1, 0.15) is 5.69 Å². The van der Waals surface area contributed by atoms with Crippen molar-refractivity contribution in [3.63, 3.8) is 0 Å². The number of aromatic nitrogens is 3. The fourth-order valence-electron chi connectivity index (χ4n) is 4.38. The van der Waals surface area contributed by atoms with Crippen molar-refractivity contribution >= 4 is 5.91 Å². The number of rotatable bonds is 3. The van der Waals surface area contributed by atoms with Gasteiger partial charge in [-0.2, -0.15) is 5.10 Å². The van der Waals surface area contributed by atoms with Gasteiger partial charge in [0.2, 0.25) is 0 Å². The Morgan fingerprint density at radius 2 is 1.96 bits per heavy atom. The van der Waals surface area contributed by atoms with Crippen LogP contribution in [-0.4, -0.2) is 62.7 Å². The van der Waals surface area contributed by atoms with Crippen LogP contribution in [0.15, 0.2) is 30.7 Å². The van der Waals surface area contributed by atoms with Crippen LogP contribution in [0.3, 0.4) is 0 Å². The number of likely N-dealkylation sites (N-methyl/N-ethyl adjacent to an activating group) is 1. The lowest BCUT2D eigenvalue weighted by Gasteiger charge is -2.33. The molecule has 6 heteroatoms. The molecule has 0 spiro atoms. The Hall–Kier alpha value is -2.21. The minimum absolute atomic E-state index is 0.106. The summed E-state index contributed by atoms with van der Waals surface area (Å²) in [6, 6.07) is 4.65. The molecule has 0 unspecified atom stereocenters. The van der Waals surface area contributed by atoms with Crippen molar-refractivity contribution in [2.24, 2.45) is 7.05 Å². The van der Waals surface area contributed by atoms with E-state index in [0.717, 1.165) is 37.2 Å². The maximum Gasteiger partial charge on any atom is 0.258 e. The van der Waals surface area contributed by atoms with Gasteiger partial charge in [-0.25, -0.2) is 0 Å². The van der Waals surface area contributed by atoms with Gasteiger partial charge in [0.25, 0.3) is 5.91 Å². The van der Waals surface area contributed by atoms with Gasteiger partial charge in [0.05, 0.1) is 5.56 Å². The van der Waals surface area contributed by atoms with E-state index in [1.54, 1.807) is 17.1 Å². The van der Waals surface area contributed by atoms with Crippen LogP contribution in [0.2, 0.25) is 0 Å². The first-order chi connectivity index (χ1) is 12.1. The van der Waals surface area contributed by atoms with E-state index < -0.39 is 0 Å². The summed E-state index contributed by atoms with van der Waals surface area (Å²) in [5, 5.41) is 4.53. The van der Waals surface area contributed by atoms with E-state index in [1.807, 2.05) is 25.4 Å². The summed E-state index contributed by atoms with van der Waals surface area (Å²) in [7, 11) is 4.05. The van der Waals surface area contributed by atoms with Crippen molar-refractivity contribution in [3.8, 4) is 11.3 Å². The van der Waals surface area contributed by atoms with Crippen molar-refractivity contribution in [1.29, 1.82) is 0 Å². The Labute approximate surface area is 148 Å². The van der Waals surface area contributed by atoms with Gasteiger partial charge in [-0.05, 0) is 51.4 Å². The Bertz CT molecular complexity index is 756. The summed E-state index contributed by atoms with van der Waals surface area (Å²) >= 11 is 0. The quantitative estimate of drug-likeness (QED) is 0.860. The molecule has 4 rings (SSSR count). The molecule has 2 aliphatic rings. The number of hydrogen-bond acceptors (Lipinski definition) is 4. The standard InChI is InChI=1S/C19H25N5O/c1-22-10-4-7-16(22)17-8-5-11-24(17)19(25)15-13-23(2)21-18(15)14-6-3-9-20-12-14/h3,6,9,12-13,16-17H,4-5,7-8,10-11H2,1-2H3/t16-,17+/m0/s1. The molecule has 4 heterocycles. The summed E-state index contributed by atoms with van der Waals surface area (Å²) in [5.74, 6) is 0.106. The molecule has 6 nitrogen and oxygen atoms in total. The third kappa shape index (κ3) is 2.95. The fraction of sp³-hybridized carbons (Fsp3) is 0.526. The maximum absolute atomic E-state index is 13.4. The second kappa shape index (κ2) is 6.59. The second-order valence-electron chi connectivity index (χ2n) is 7.21. The molecule has 25 heavy (non-hydrogen) atoms. The number of carbonyl (C=O) groups is 1. The Balaban J connectivity index is 1.65. The number of carbonyl (C=O) groups excluding carboxylic acids is 1. The van der Waals surface area contributed by atoms with Crippen molar-refractivity contribution in [2.75, 3.05) is 20.1 Å². The predicted molar refractivity (Wildman–Crippen MR) is 96.1 cm³/mol. The number of nitrogens with zero attached hydrogens (tertiary/aromatic N) is 5. The van der Waals surface area contributed by atoms with Crippen LogP contribution in [0.25, 0.3) is 11.3 Å². The van der Waals surface area contributed by atoms with Gasteiger partial charge < -0.3 is 9.80 Å². The lowest BCUT2D eigenvalue weighted by molar-refractivity contribution is 0.0665. The molecule has 1 amide bonds. The Morgan fingerprint density at radius 3 is 2.68 bits per heavy atom. The zero-order valence-corrected chi connectivity index (χ0v) is 14.9. The number of hydrogen-bond donors (Lipinski definition) is 0. The van der Waals surface area contributed by atoms with E-state index in [0.29, 0.717) is 17.6 Å². The lowest BCUT2D eigenvalue weighted by atomic mass is 10.0. The van der Waals surface area contributed by atoms with Crippen LogP contribution in [0.1, 0.15) is 36.0 Å². The van der Waals surface area contributed by atoms with E-state index in [4.69, 9.17) is 0 Å². The molecule has 0 radical (unpaired) electrons. The van der Waals surface area contributed by atoms with E-state index in [9.17, 15) is 4.79 Å². The summed E-state index contributed by atoms with van der Waals surface area (Å²) in [6.07, 6.45) is 9.96. The Morgan fingerprint density at radius 1 is 1.16 bits per heavy atom. The predicted octanol–water partition coefficient (Wildman–Crippen LogP) is 2.18. The van der Waals surface area contributed by atoms with E-state index in [-0.39, 0.29) is 5.91 Å². The monoisotopic (exact) mass is 339 g/mol. The molecule has 132 valence electrons. The molecule has 0 bridgehead atoms. The molecular formula is C19H25N5O. The van der Waals surface area contributed by atoms with Crippen molar-refractivity contribution in [2.45, 2.75) is 37.8 Å². The van der Waals surface area contributed by atoms with Crippen LogP contribution in [-0.2, 0) is 7.05 Å². The summed E-state index contributed by atoms with van der Waals surface area (Å²) in [5.41, 5.74) is 2.30. The summed E-state index contributed by atoms with van der Waals surface area (Å²) < 4.78 is 1.72. The molecule has 2 fully saturated rings. The average Bonchev–Trinajstić information content (AvgIpc) is 3.34. The van der Waals surface area contributed by atoms with Crippen LogP contribution in [0.4, 0.5) is 0 Å². The molecule has 2 saturated heterocycles.